The number of hydrogen-bond acceptors (Lipinski definition) is 2. The average Bonchev–Trinajstić information content (AvgIpc) is 2.33. The van der Waals surface area contributed by atoms with E-state index in [4.69, 9.17) is 4.74 Å². The van der Waals surface area contributed by atoms with Crippen molar-refractivity contribution in [2.24, 2.45) is 5.92 Å². The zero-order valence-corrected chi connectivity index (χ0v) is 11.5. The summed E-state index contributed by atoms with van der Waals surface area (Å²) in [5.41, 5.74) is 0.545. The van der Waals surface area contributed by atoms with Crippen molar-refractivity contribution in [3.05, 3.63) is 35.4 Å². The predicted octanol–water partition coefficient (Wildman–Crippen LogP) is 3.43. The fourth-order valence-corrected chi connectivity index (χ4v) is 2.76. The molecule has 1 N–H and O–H groups in total. The molecule has 0 amide bonds. The molecule has 4 heteroatoms. The predicted molar refractivity (Wildman–Crippen MR) is 70.9 cm³/mol. The zero-order chi connectivity index (χ0) is 13.8. The Hall–Kier alpha value is -1.00. The van der Waals surface area contributed by atoms with Crippen LogP contribution in [0.15, 0.2) is 18.2 Å². The first kappa shape index (κ1) is 14.4. The Morgan fingerprint density at radius 2 is 2.11 bits per heavy atom. The van der Waals surface area contributed by atoms with Crippen LogP contribution in [0.2, 0.25) is 0 Å². The standard InChI is InChI=1S/C15H21F2NO/c1-3-19-12-6-10(7-12)8-15(18-2)13-5-4-11(16)9-14(13)17/h4-5,9-10,12,15,18H,3,6-8H2,1-2H3. The molecule has 2 rings (SSSR count). The van der Waals surface area contributed by atoms with Gasteiger partial charge in [0.25, 0.3) is 0 Å². The van der Waals surface area contributed by atoms with E-state index >= 15 is 0 Å². The highest BCUT2D eigenvalue weighted by atomic mass is 19.1. The van der Waals surface area contributed by atoms with Gasteiger partial charge in [0.15, 0.2) is 0 Å². The van der Waals surface area contributed by atoms with Crippen LogP contribution >= 0.6 is 0 Å². The molecular formula is C15H21F2NO. The number of hydrogen-bond donors (Lipinski definition) is 1. The van der Waals surface area contributed by atoms with Gasteiger partial charge in [0.2, 0.25) is 0 Å². The molecule has 1 aromatic carbocycles. The number of rotatable bonds is 6. The van der Waals surface area contributed by atoms with Crippen LogP contribution in [0.5, 0.6) is 0 Å². The molecule has 0 radical (unpaired) electrons. The first-order valence-electron chi connectivity index (χ1n) is 6.87. The van der Waals surface area contributed by atoms with Crippen molar-refractivity contribution in [2.75, 3.05) is 13.7 Å². The highest BCUT2D eigenvalue weighted by molar-refractivity contribution is 5.22. The van der Waals surface area contributed by atoms with E-state index in [1.54, 1.807) is 0 Å². The van der Waals surface area contributed by atoms with Crippen molar-refractivity contribution in [1.29, 1.82) is 0 Å². The summed E-state index contributed by atoms with van der Waals surface area (Å²) in [6.45, 7) is 2.75. The Kier molecular flexibility index (Phi) is 4.88. The molecule has 1 atom stereocenters. The van der Waals surface area contributed by atoms with Crippen molar-refractivity contribution in [2.45, 2.75) is 38.3 Å². The monoisotopic (exact) mass is 269 g/mol. The van der Waals surface area contributed by atoms with Gasteiger partial charge in [-0.1, -0.05) is 6.07 Å². The minimum atomic E-state index is -0.531. The lowest BCUT2D eigenvalue weighted by molar-refractivity contribution is -0.0290. The SMILES string of the molecule is CCOC1CC(CC(NC)c2ccc(F)cc2F)C1. The van der Waals surface area contributed by atoms with Gasteiger partial charge in [0.1, 0.15) is 11.6 Å². The molecule has 1 saturated carbocycles. The van der Waals surface area contributed by atoms with E-state index in [-0.39, 0.29) is 6.04 Å². The van der Waals surface area contributed by atoms with E-state index in [0.29, 0.717) is 17.6 Å². The maximum absolute atomic E-state index is 13.8. The summed E-state index contributed by atoms with van der Waals surface area (Å²) in [4.78, 5) is 0. The lowest BCUT2D eigenvalue weighted by Crippen LogP contribution is -2.34. The smallest absolute Gasteiger partial charge is 0.130 e. The number of halogens is 2. The van der Waals surface area contributed by atoms with Crippen LogP contribution in [0.1, 0.15) is 37.8 Å². The molecule has 106 valence electrons. The maximum Gasteiger partial charge on any atom is 0.130 e. The van der Waals surface area contributed by atoms with E-state index < -0.39 is 11.6 Å². The summed E-state index contributed by atoms with van der Waals surface area (Å²) in [7, 11) is 1.81. The lowest BCUT2D eigenvalue weighted by atomic mass is 9.77. The molecule has 0 aliphatic heterocycles. The Bertz CT molecular complexity index is 419. The summed E-state index contributed by atoms with van der Waals surface area (Å²) in [5.74, 6) is -0.449. The second kappa shape index (κ2) is 6.44. The van der Waals surface area contributed by atoms with E-state index in [1.165, 1.54) is 12.1 Å². The zero-order valence-electron chi connectivity index (χ0n) is 11.5. The van der Waals surface area contributed by atoms with Gasteiger partial charge in [-0.15, -0.1) is 0 Å². The summed E-state index contributed by atoms with van der Waals surface area (Å²) in [5, 5.41) is 3.12. The van der Waals surface area contributed by atoms with Gasteiger partial charge in [-0.3, -0.25) is 0 Å². The molecule has 1 aromatic rings. The highest BCUT2D eigenvalue weighted by Gasteiger charge is 2.32. The first-order chi connectivity index (χ1) is 9.13. The van der Waals surface area contributed by atoms with E-state index in [1.807, 2.05) is 14.0 Å². The minimum absolute atomic E-state index is 0.0619. The van der Waals surface area contributed by atoms with Crippen molar-refractivity contribution >= 4 is 0 Å². The molecule has 2 nitrogen and oxygen atoms in total. The third kappa shape index (κ3) is 3.51. The molecule has 1 aliphatic carbocycles. The topological polar surface area (TPSA) is 21.3 Å². The number of nitrogens with one attached hydrogen (secondary N) is 1. The van der Waals surface area contributed by atoms with Gasteiger partial charge >= 0.3 is 0 Å². The lowest BCUT2D eigenvalue weighted by Gasteiger charge is -2.37. The fourth-order valence-electron chi connectivity index (χ4n) is 2.76. The Labute approximate surface area is 113 Å². The summed E-state index contributed by atoms with van der Waals surface area (Å²) < 4.78 is 32.2. The summed E-state index contributed by atoms with van der Waals surface area (Å²) in [6, 6.07) is 3.73. The Morgan fingerprint density at radius 1 is 1.37 bits per heavy atom. The molecule has 1 aliphatic rings. The second-order valence-electron chi connectivity index (χ2n) is 5.16. The molecule has 0 heterocycles. The van der Waals surface area contributed by atoms with Crippen molar-refractivity contribution in [3.8, 4) is 0 Å². The van der Waals surface area contributed by atoms with Crippen molar-refractivity contribution in [3.63, 3.8) is 0 Å². The molecule has 0 spiro atoms. The maximum atomic E-state index is 13.8. The van der Waals surface area contributed by atoms with E-state index in [2.05, 4.69) is 5.32 Å². The third-order valence-corrected chi connectivity index (χ3v) is 3.85. The minimum Gasteiger partial charge on any atom is -0.378 e. The van der Waals surface area contributed by atoms with Crippen LogP contribution in [0.3, 0.4) is 0 Å². The molecular weight excluding hydrogens is 248 g/mol. The van der Waals surface area contributed by atoms with Gasteiger partial charge < -0.3 is 10.1 Å². The Morgan fingerprint density at radius 3 is 2.68 bits per heavy atom. The molecule has 1 unspecified atom stereocenters. The average molecular weight is 269 g/mol. The highest BCUT2D eigenvalue weighted by Crippen LogP contribution is 2.37. The van der Waals surface area contributed by atoms with Gasteiger partial charge in [-0.2, -0.15) is 0 Å². The van der Waals surface area contributed by atoms with Gasteiger partial charge in [0.05, 0.1) is 6.10 Å². The van der Waals surface area contributed by atoms with Crippen LogP contribution < -0.4 is 5.32 Å². The van der Waals surface area contributed by atoms with Gasteiger partial charge in [-0.25, -0.2) is 8.78 Å². The van der Waals surface area contributed by atoms with Gasteiger partial charge in [0, 0.05) is 24.3 Å². The second-order valence-corrected chi connectivity index (χ2v) is 5.16. The van der Waals surface area contributed by atoms with Crippen LogP contribution in [0, 0.1) is 17.6 Å². The largest absolute Gasteiger partial charge is 0.378 e. The van der Waals surface area contributed by atoms with Gasteiger partial charge in [-0.05, 0) is 45.2 Å². The fraction of sp³-hybridized carbons (Fsp3) is 0.600. The van der Waals surface area contributed by atoms with Crippen LogP contribution in [-0.4, -0.2) is 19.8 Å². The third-order valence-electron chi connectivity index (χ3n) is 3.85. The van der Waals surface area contributed by atoms with Crippen molar-refractivity contribution < 1.29 is 13.5 Å². The Balaban J connectivity index is 1.94. The van der Waals surface area contributed by atoms with E-state index in [0.717, 1.165) is 31.9 Å². The first-order valence-corrected chi connectivity index (χ1v) is 6.87. The molecule has 1 fully saturated rings. The quantitative estimate of drug-likeness (QED) is 0.854. The summed E-state index contributed by atoms with van der Waals surface area (Å²) in [6.07, 6.45) is 3.30. The number of ether oxygens (including phenoxy) is 1. The molecule has 0 bridgehead atoms. The molecule has 0 aromatic heterocycles. The van der Waals surface area contributed by atoms with Crippen LogP contribution in [0.25, 0.3) is 0 Å². The van der Waals surface area contributed by atoms with E-state index in [9.17, 15) is 8.78 Å². The normalized spacial score (nSPS) is 24.0. The van der Waals surface area contributed by atoms with Crippen LogP contribution in [0.4, 0.5) is 8.78 Å². The number of benzene rings is 1. The summed E-state index contributed by atoms with van der Waals surface area (Å²) >= 11 is 0. The van der Waals surface area contributed by atoms with Crippen molar-refractivity contribution in [1.82, 2.24) is 5.32 Å². The van der Waals surface area contributed by atoms with Crippen LogP contribution in [-0.2, 0) is 4.74 Å². The molecule has 0 saturated heterocycles. The molecule has 19 heavy (non-hydrogen) atoms.